The van der Waals surface area contributed by atoms with Crippen molar-refractivity contribution in [1.29, 1.82) is 0 Å². The van der Waals surface area contributed by atoms with Crippen molar-refractivity contribution in [2.24, 2.45) is 0 Å². The zero-order valence-corrected chi connectivity index (χ0v) is 7.52. The summed E-state index contributed by atoms with van der Waals surface area (Å²) in [6.45, 7) is 1.25. The van der Waals surface area contributed by atoms with Gasteiger partial charge in [-0.2, -0.15) is 0 Å². The van der Waals surface area contributed by atoms with Crippen LogP contribution in [0.25, 0.3) is 0 Å². The maximum absolute atomic E-state index is 8.44. The molecule has 0 spiro atoms. The van der Waals surface area contributed by atoms with E-state index in [-0.39, 0.29) is 6.61 Å². The van der Waals surface area contributed by atoms with E-state index >= 15 is 0 Å². The SMILES string of the molecule is OC/C=C/COCc1ccccc1. The van der Waals surface area contributed by atoms with Crippen molar-refractivity contribution in [2.45, 2.75) is 6.61 Å². The molecule has 0 saturated heterocycles. The van der Waals surface area contributed by atoms with Crippen molar-refractivity contribution in [3.63, 3.8) is 0 Å². The van der Waals surface area contributed by atoms with E-state index in [0.29, 0.717) is 13.2 Å². The van der Waals surface area contributed by atoms with Gasteiger partial charge in [-0.05, 0) is 5.56 Å². The van der Waals surface area contributed by atoms with Crippen LogP contribution in [-0.4, -0.2) is 18.3 Å². The van der Waals surface area contributed by atoms with E-state index in [0.717, 1.165) is 0 Å². The predicted octanol–water partition coefficient (Wildman–Crippen LogP) is 1.75. The summed E-state index contributed by atoms with van der Waals surface area (Å²) in [5.74, 6) is 0. The fourth-order valence-electron chi connectivity index (χ4n) is 0.962. The van der Waals surface area contributed by atoms with Crippen LogP contribution in [0.3, 0.4) is 0 Å². The number of aliphatic hydroxyl groups excluding tert-OH is 1. The van der Waals surface area contributed by atoms with E-state index in [2.05, 4.69) is 0 Å². The van der Waals surface area contributed by atoms with Crippen molar-refractivity contribution in [2.75, 3.05) is 13.2 Å². The number of rotatable bonds is 5. The quantitative estimate of drug-likeness (QED) is 0.550. The van der Waals surface area contributed by atoms with Gasteiger partial charge in [-0.25, -0.2) is 0 Å². The average molecular weight is 178 g/mol. The first-order valence-corrected chi connectivity index (χ1v) is 4.31. The summed E-state index contributed by atoms with van der Waals surface area (Å²) in [6.07, 6.45) is 3.48. The van der Waals surface area contributed by atoms with Crippen molar-refractivity contribution < 1.29 is 9.84 Å². The highest BCUT2D eigenvalue weighted by atomic mass is 16.5. The average Bonchev–Trinajstić information content (AvgIpc) is 2.19. The highest BCUT2D eigenvalue weighted by molar-refractivity contribution is 5.13. The molecule has 0 unspecified atom stereocenters. The minimum Gasteiger partial charge on any atom is -0.392 e. The van der Waals surface area contributed by atoms with Gasteiger partial charge in [-0.15, -0.1) is 0 Å². The second-order valence-electron chi connectivity index (χ2n) is 2.65. The Morgan fingerprint density at radius 3 is 2.62 bits per heavy atom. The number of aliphatic hydroxyl groups is 1. The summed E-state index contributed by atoms with van der Waals surface area (Å²) in [6, 6.07) is 10.0. The maximum atomic E-state index is 8.44. The van der Waals surface area contributed by atoms with Gasteiger partial charge in [0.1, 0.15) is 0 Å². The zero-order chi connectivity index (χ0) is 9.36. The lowest BCUT2D eigenvalue weighted by atomic mass is 10.2. The third-order valence-corrected chi connectivity index (χ3v) is 1.60. The second kappa shape index (κ2) is 6.40. The first kappa shape index (κ1) is 9.96. The Bertz CT molecular complexity index is 242. The first-order chi connectivity index (χ1) is 6.43. The Kier molecular flexibility index (Phi) is 4.91. The summed E-state index contributed by atoms with van der Waals surface area (Å²) < 4.78 is 5.32. The minimum absolute atomic E-state index is 0.0781. The summed E-state index contributed by atoms with van der Waals surface area (Å²) in [5.41, 5.74) is 1.17. The molecule has 0 radical (unpaired) electrons. The van der Waals surface area contributed by atoms with Crippen molar-refractivity contribution >= 4 is 0 Å². The maximum Gasteiger partial charge on any atom is 0.0721 e. The topological polar surface area (TPSA) is 29.5 Å². The number of hydrogen-bond acceptors (Lipinski definition) is 2. The monoisotopic (exact) mass is 178 g/mol. The molecule has 1 aromatic rings. The van der Waals surface area contributed by atoms with Crippen molar-refractivity contribution in [1.82, 2.24) is 0 Å². The lowest BCUT2D eigenvalue weighted by molar-refractivity contribution is 0.148. The summed E-state index contributed by atoms with van der Waals surface area (Å²) >= 11 is 0. The number of hydrogen-bond donors (Lipinski definition) is 1. The molecule has 0 saturated carbocycles. The van der Waals surface area contributed by atoms with Gasteiger partial charge in [0.25, 0.3) is 0 Å². The molecule has 13 heavy (non-hydrogen) atoms. The predicted molar refractivity (Wildman–Crippen MR) is 52.3 cm³/mol. The Labute approximate surface area is 78.5 Å². The Balaban J connectivity index is 2.17. The number of benzene rings is 1. The van der Waals surface area contributed by atoms with Crippen molar-refractivity contribution in [3.8, 4) is 0 Å². The van der Waals surface area contributed by atoms with Gasteiger partial charge >= 0.3 is 0 Å². The summed E-state index contributed by atoms with van der Waals surface area (Å²) in [7, 11) is 0. The summed E-state index contributed by atoms with van der Waals surface area (Å²) in [4.78, 5) is 0. The molecule has 2 nitrogen and oxygen atoms in total. The zero-order valence-electron chi connectivity index (χ0n) is 7.52. The molecular formula is C11H14O2. The molecule has 70 valence electrons. The first-order valence-electron chi connectivity index (χ1n) is 4.31. The molecule has 1 rings (SSSR count). The van der Waals surface area contributed by atoms with Gasteiger partial charge in [-0.1, -0.05) is 42.5 Å². The van der Waals surface area contributed by atoms with Crippen LogP contribution in [0.1, 0.15) is 5.56 Å². The molecular weight excluding hydrogens is 164 g/mol. The van der Waals surface area contributed by atoms with Crippen LogP contribution in [-0.2, 0) is 11.3 Å². The molecule has 1 N–H and O–H groups in total. The lowest BCUT2D eigenvalue weighted by Gasteiger charge is -2.00. The molecule has 0 aliphatic heterocycles. The third-order valence-electron chi connectivity index (χ3n) is 1.60. The highest BCUT2D eigenvalue weighted by Crippen LogP contribution is 1.99. The number of ether oxygens (including phenoxy) is 1. The van der Waals surface area contributed by atoms with Crippen LogP contribution >= 0.6 is 0 Å². The molecule has 0 fully saturated rings. The van der Waals surface area contributed by atoms with Crippen molar-refractivity contribution in [3.05, 3.63) is 48.0 Å². The molecule has 0 atom stereocenters. The Morgan fingerprint density at radius 1 is 1.15 bits per heavy atom. The Hall–Kier alpha value is -1.12. The van der Waals surface area contributed by atoms with Gasteiger partial charge in [0, 0.05) is 0 Å². The molecule has 0 bridgehead atoms. The van der Waals surface area contributed by atoms with Crippen LogP contribution < -0.4 is 0 Å². The van der Waals surface area contributed by atoms with Crippen LogP contribution in [0.15, 0.2) is 42.5 Å². The van der Waals surface area contributed by atoms with E-state index in [1.54, 1.807) is 6.08 Å². The van der Waals surface area contributed by atoms with Crippen LogP contribution in [0.4, 0.5) is 0 Å². The minimum atomic E-state index is 0.0781. The third kappa shape index (κ3) is 4.45. The van der Waals surface area contributed by atoms with Crippen LogP contribution in [0, 0.1) is 0 Å². The van der Waals surface area contributed by atoms with Gasteiger partial charge in [-0.3, -0.25) is 0 Å². The smallest absolute Gasteiger partial charge is 0.0721 e. The Morgan fingerprint density at radius 2 is 1.92 bits per heavy atom. The highest BCUT2D eigenvalue weighted by Gasteiger charge is 1.88. The fourth-order valence-corrected chi connectivity index (χ4v) is 0.962. The largest absolute Gasteiger partial charge is 0.392 e. The molecule has 0 amide bonds. The molecule has 0 aliphatic carbocycles. The van der Waals surface area contributed by atoms with Gasteiger partial charge in [0.05, 0.1) is 19.8 Å². The second-order valence-corrected chi connectivity index (χ2v) is 2.65. The van der Waals surface area contributed by atoms with E-state index in [9.17, 15) is 0 Å². The van der Waals surface area contributed by atoms with E-state index < -0.39 is 0 Å². The van der Waals surface area contributed by atoms with E-state index in [4.69, 9.17) is 9.84 Å². The standard InChI is InChI=1S/C11H14O2/c12-8-4-5-9-13-10-11-6-2-1-3-7-11/h1-7,12H,8-10H2/b5-4+. The molecule has 0 aliphatic rings. The van der Waals surface area contributed by atoms with Crippen LogP contribution in [0.5, 0.6) is 0 Å². The normalized spacial score (nSPS) is 10.8. The molecule has 1 aromatic carbocycles. The van der Waals surface area contributed by atoms with E-state index in [1.165, 1.54) is 5.56 Å². The molecule has 0 heterocycles. The molecule has 2 heteroatoms. The van der Waals surface area contributed by atoms with Gasteiger partial charge in [0.2, 0.25) is 0 Å². The van der Waals surface area contributed by atoms with Crippen LogP contribution in [0.2, 0.25) is 0 Å². The lowest BCUT2D eigenvalue weighted by Crippen LogP contribution is -1.92. The van der Waals surface area contributed by atoms with E-state index in [1.807, 2.05) is 36.4 Å². The van der Waals surface area contributed by atoms with Gasteiger partial charge in [0.15, 0.2) is 0 Å². The fraction of sp³-hybridized carbons (Fsp3) is 0.273. The van der Waals surface area contributed by atoms with Gasteiger partial charge < -0.3 is 9.84 Å². The molecule has 0 aromatic heterocycles. The summed E-state index contributed by atoms with van der Waals surface area (Å²) in [5, 5.41) is 8.44.